The highest BCUT2D eigenvalue weighted by atomic mass is 32.2. The smallest absolute Gasteiger partial charge is 0.410 e. The number of likely N-dealkylation sites (tertiary alicyclic amines) is 1. The Balaban J connectivity index is 1.28. The van der Waals surface area contributed by atoms with Gasteiger partial charge in [0.1, 0.15) is 24.8 Å². The van der Waals surface area contributed by atoms with Crippen LogP contribution >= 0.6 is 11.8 Å². The van der Waals surface area contributed by atoms with Gasteiger partial charge in [0.15, 0.2) is 0 Å². The van der Waals surface area contributed by atoms with Crippen LogP contribution in [0, 0.1) is 5.92 Å². The zero-order valence-electron chi connectivity index (χ0n) is 28.1. The average molecular weight is 668 g/mol. The summed E-state index contributed by atoms with van der Waals surface area (Å²) in [6.45, 7) is 8.79. The summed E-state index contributed by atoms with van der Waals surface area (Å²) >= 11 is 1.52. The molecule has 0 aromatic heterocycles. The van der Waals surface area contributed by atoms with Crippen molar-refractivity contribution in [1.82, 2.24) is 10.2 Å². The van der Waals surface area contributed by atoms with Gasteiger partial charge in [0, 0.05) is 23.7 Å². The molecular weight excluding hydrogens is 618 g/mol. The maximum Gasteiger partial charge on any atom is 0.410 e. The molecule has 1 fully saturated rings. The third-order valence-corrected chi connectivity index (χ3v) is 9.40. The largest absolute Gasteiger partial charge is 0.465 e. The van der Waals surface area contributed by atoms with E-state index in [9.17, 15) is 19.2 Å². The normalized spacial score (nSPS) is 17.8. The Bertz CT molecular complexity index is 1340. The van der Waals surface area contributed by atoms with E-state index in [0.29, 0.717) is 36.9 Å². The number of hydrogen-bond donors (Lipinski definition) is 1. The molecule has 2 aliphatic heterocycles. The number of unbranched alkanes of at least 4 members (excludes halogenated alkanes) is 1. The predicted molar refractivity (Wildman–Crippen MR) is 182 cm³/mol. The van der Waals surface area contributed by atoms with Crippen LogP contribution in [0.5, 0.6) is 0 Å². The van der Waals surface area contributed by atoms with E-state index in [4.69, 9.17) is 14.2 Å². The van der Waals surface area contributed by atoms with Crippen molar-refractivity contribution in [2.24, 2.45) is 5.92 Å². The van der Waals surface area contributed by atoms with E-state index in [0.717, 1.165) is 42.6 Å². The zero-order chi connectivity index (χ0) is 33.8. The van der Waals surface area contributed by atoms with Gasteiger partial charge in [-0.2, -0.15) is 0 Å². The molecule has 0 unspecified atom stereocenters. The Morgan fingerprint density at radius 3 is 2.38 bits per heavy atom. The molecule has 0 saturated carbocycles. The monoisotopic (exact) mass is 667 g/mol. The lowest BCUT2D eigenvalue weighted by atomic mass is 9.91. The zero-order valence-corrected chi connectivity index (χ0v) is 28.9. The fourth-order valence-electron chi connectivity index (χ4n) is 5.89. The Morgan fingerprint density at radius 2 is 1.68 bits per heavy atom. The highest BCUT2D eigenvalue weighted by Crippen LogP contribution is 2.34. The van der Waals surface area contributed by atoms with Crippen LogP contribution in [-0.4, -0.2) is 78.5 Å². The summed E-state index contributed by atoms with van der Waals surface area (Å²) in [5.74, 6) is -0.252. The van der Waals surface area contributed by atoms with Crippen LogP contribution < -0.4 is 10.2 Å². The molecule has 1 N–H and O–H groups in total. The summed E-state index contributed by atoms with van der Waals surface area (Å²) < 4.78 is 16.4. The van der Waals surface area contributed by atoms with Gasteiger partial charge in [-0.1, -0.05) is 61.7 Å². The van der Waals surface area contributed by atoms with Crippen molar-refractivity contribution in [3.8, 4) is 0 Å². The minimum absolute atomic E-state index is 0.223. The van der Waals surface area contributed by atoms with Crippen molar-refractivity contribution in [2.45, 2.75) is 95.4 Å². The Hall–Kier alpha value is -3.57. The number of para-hydroxylation sites is 1. The SMILES string of the molecule is CCOC(=O)[C@@H](CCCCC1CCN(C(=O)OCc2ccccc2)CC1)N[C@H]1CSc2ccccc2N(CC(=O)OC(C)(C)C)C1=O. The molecule has 2 amide bonds. The van der Waals surface area contributed by atoms with Crippen molar-refractivity contribution in [2.75, 3.05) is 36.9 Å². The highest BCUT2D eigenvalue weighted by molar-refractivity contribution is 7.99. The number of fused-ring (bicyclic) bond motifs is 1. The first-order valence-electron chi connectivity index (χ1n) is 16.7. The van der Waals surface area contributed by atoms with E-state index in [2.05, 4.69) is 5.32 Å². The molecule has 2 atom stereocenters. The average Bonchev–Trinajstić information content (AvgIpc) is 3.17. The number of amides is 2. The van der Waals surface area contributed by atoms with E-state index in [1.807, 2.05) is 54.6 Å². The first kappa shape index (κ1) is 36.3. The number of thioether (sulfide) groups is 1. The van der Waals surface area contributed by atoms with Gasteiger partial charge in [-0.25, -0.2) is 4.79 Å². The molecule has 11 heteroatoms. The molecule has 0 aliphatic carbocycles. The van der Waals surface area contributed by atoms with E-state index < -0.39 is 23.7 Å². The number of nitrogens with zero attached hydrogens (tertiary/aromatic N) is 2. The third-order valence-electron chi connectivity index (χ3n) is 8.24. The summed E-state index contributed by atoms with van der Waals surface area (Å²) in [6, 6.07) is 15.8. The van der Waals surface area contributed by atoms with Gasteiger partial charge >= 0.3 is 18.0 Å². The molecule has 1 saturated heterocycles. The number of anilines is 1. The molecular formula is C36H49N3O7S. The first-order valence-corrected chi connectivity index (χ1v) is 17.7. The number of piperidine rings is 1. The van der Waals surface area contributed by atoms with Crippen LogP contribution in [-0.2, 0) is 35.2 Å². The van der Waals surface area contributed by atoms with Crippen molar-refractivity contribution in [1.29, 1.82) is 0 Å². The molecule has 47 heavy (non-hydrogen) atoms. The molecule has 0 radical (unpaired) electrons. The molecule has 2 heterocycles. The second-order valence-corrected chi connectivity index (χ2v) is 14.1. The number of carbonyl (C=O) groups is 4. The van der Waals surface area contributed by atoms with Crippen molar-refractivity contribution in [3.05, 3.63) is 60.2 Å². The van der Waals surface area contributed by atoms with E-state index in [-0.39, 0.29) is 37.7 Å². The van der Waals surface area contributed by atoms with Crippen molar-refractivity contribution < 1.29 is 33.4 Å². The fourth-order valence-corrected chi connectivity index (χ4v) is 6.98. The lowest BCUT2D eigenvalue weighted by Gasteiger charge is -2.31. The molecule has 2 aromatic carbocycles. The molecule has 4 rings (SSSR count). The molecule has 256 valence electrons. The summed E-state index contributed by atoms with van der Waals surface area (Å²) in [6.07, 6.45) is 4.80. The van der Waals surface area contributed by atoms with Crippen LogP contribution in [0.3, 0.4) is 0 Å². The fraction of sp³-hybridized carbons (Fsp3) is 0.556. The molecule has 0 bridgehead atoms. The summed E-state index contributed by atoms with van der Waals surface area (Å²) in [5, 5.41) is 3.30. The highest BCUT2D eigenvalue weighted by Gasteiger charge is 2.36. The van der Waals surface area contributed by atoms with E-state index in [1.54, 1.807) is 32.6 Å². The summed E-state index contributed by atoms with van der Waals surface area (Å²) in [4.78, 5) is 56.4. The van der Waals surface area contributed by atoms with Crippen LogP contribution in [0.25, 0.3) is 0 Å². The third kappa shape index (κ3) is 11.3. The molecule has 10 nitrogen and oxygen atoms in total. The van der Waals surface area contributed by atoms with Crippen LogP contribution in [0.1, 0.15) is 71.8 Å². The van der Waals surface area contributed by atoms with Gasteiger partial charge in [-0.05, 0) is 70.6 Å². The Labute approximate surface area is 282 Å². The number of carbonyl (C=O) groups excluding carboxylic acids is 4. The predicted octanol–water partition coefficient (Wildman–Crippen LogP) is 5.97. The number of hydrogen-bond acceptors (Lipinski definition) is 9. The van der Waals surface area contributed by atoms with Gasteiger partial charge in [-0.15, -0.1) is 11.8 Å². The summed E-state index contributed by atoms with van der Waals surface area (Å²) in [7, 11) is 0. The molecule has 0 spiro atoms. The molecule has 2 aliphatic rings. The van der Waals surface area contributed by atoms with Gasteiger partial charge in [0.25, 0.3) is 0 Å². The maximum absolute atomic E-state index is 13.9. The Kier molecular flexibility index (Phi) is 13.5. The van der Waals surface area contributed by atoms with Crippen molar-refractivity contribution >= 4 is 41.4 Å². The van der Waals surface area contributed by atoms with E-state index in [1.165, 1.54) is 16.7 Å². The second kappa shape index (κ2) is 17.5. The lowest BCUT2D eigenvalue weighted by Crippen LogP contribution is -2.54. The van der Waals surface area contributed by atoms with Gasteiger partial charge < -0.3 is 19.1 Å². The lowest BCUT2D eigenvalue weighted by molar-refractivity contribution is -0.154. The van der Waals surface area contributed by atoms with Gasteiger partial charge in [0.05, 0.1) is 18.3 Å². The topological polar surface area (TPSA) is 114 Å². The number of benzene rings is 2. The first-order chi connectivity index (χ1) is 22.5. The van der Waals surface area contributed by atoms with Crippen LogP contribution in [0.2, 0.25) is 0 Å². The van der Waals surface area contributed by atoms with E-state index >= 15 is 0 Å². The Morgan fingerprint density at radius 1 is 0.979 bits per heavy atom. The van der Waals surface area contributed by atoms with Gasteiger partial charge in [0.2, 0.25) is 5.91 Å². The minimum Gasteiger partial charge on any atom is -0.465 e. The second-order valence-electron chi connectivity index (χ2n) is 13.1. The van der Waals surface area contributed by atoms with Crippen LogP contribution in [0.4, 0.5) is 10.5 Å². The number of esters is 2. The standard InChI is InChI=1S/C36H49N3O7S/c1-5-44-34(42)28(16-10-9-13-26-19-21-38(22-20-26)35(43)45-24-27-14-7-6-8-15-27)37-29-25-47-31-18-12-11-17-30(31)39(33(29)41)23-32(40)46-36(2,3)4/h6-8,11-12,14-15,17-18,26,28-29,37H,5,9-10,13,16,19-25H2,1-4H3/t28-,29+/m1/s1. The number of rotatable bonds is 13. The van der Waals surface area contributed by atoms with Crippen LogP contribution in [0.15, 0.2) is 59.5 Å². The maximum atomic E-state index is 13.9. The van der Waals surface area contributed by atoms with Crippen molar-refractivity contribution in [3.63, 3.8) is 0 Å². The molecule has 2 aromatic rings. The number of ether oxygens (including phenoxy) is 3. The quantitative estimate of drug-likeness (QED) is 0.157. The summed E-state index contributed by atoms with van der Waals surface area (Å²) in [5.41, 5.74) is 0.940. The van der Waals surface area contributed by atoms with Gasteiger partial charge in [-0.3, -0.25) is 24.6 Å². The minimum atomic E-state index is -0.699. The number of nitrogens with one attached hydrogen (secondary N) is 1.